The van der Waals surface area contributed by atoms with Crippen LogP contribution in [0, 0.1) is 0 Å². The molecule has 318 valence electrons. The zero-order valence-corrected chi connectivity index (χ0v) is 36.1. The van der Waals surface area contributed by atoms with Gasteiger partial charge < -0.3 is 14.2 Å². The molecule has 6 heteroatoms. The third kappa shape index (κ3) is 41.7. The monoisotopic (exact) mass is 779 g/mol. The van der Waals surface area contributed by atoms with Crippen molar-refractivity contribution in [2.24, 2.45) is 0 Å². The Balaban J connectivity index is 4.48. The van der Waals surface area contributed by atoms with Crippen LogP contribution in [-0.2, 0) is 28.6 Å². The normalized spacial score (nSPS) is 12.8. The quantitative estimate of drug-likeness (QED) is 0.0203. The molecule has 0 heterocycles. The lowest BCUT2D eigenvalue weighted by atomic mass is 10.1. The number of carbonyl (C=O) groups is 3. The summed E-state index contributed by atoms with van der Waals surface area (Å²) in [6.07, 6.45) is 55.6. The van der Waals surface area contributed by atoms with Crippen molar-refractivity contribution < 1.29 is 28.6 Å². The van der Waals surface area contributed by atoms with Crippen LogP contribution in [0.1, 0.15) is 194 Å². The molecule has 1 atom stereocenters. The second-order valence-electron chi connectivity index (χ2n) is 14.6. The molecule has 0 saturated carbocycles. The highest BCUT2D eigenvalue weighted by Crippen LogP contribution is 2.13. The molecule has 0 radical (unpaired) electrons. The molecule has 56 heavy (non-hydrogen) atoms. The number of hydrogen-bond donors (Lipinski definition) is 0. The van der Waals surface area contributed by atoms with Gasteiger partial charge in [0.15, 0.2) is 6.10 Å². The number of carbonyl (C=O) groups excluding carboxylic acids is 3. The van der Waals surface area contributed by atoms with E-state index in [-0.39, 0.29) is 37.5 Å². The van der Waals surface area contributed by atoms with Crippen LogP contribution >= 0.6 is 0 Å². The molecule has 0 aliphatic rings. The van der Waals surface area contributed by atoms with Gasteiger partial charge in [0, 0.05) is 19.3 Å². The lowest BCUT2D eigenvalue weighted by molar-refractivity contribution is -0.167. The largest absolute Gasteiger partial charge is 0.462 e. The maximum absolute atomic E-state index is 12.7. The first kappa shape index (κ1) is 52.6. The average Bonchev–Trinajstić information content (AvgIpc) is 3.19. The Bertz CT molecular complexity index is 1120. The van der Waals surface area contributed by atoms with Crippen LogP contribution in [0.15, 0.2) is 85.1 Å². The van der Waals surface area contributed by atoms with E-state index in [2.05, 4.69) is 81.5 Å². The van der Waals surface area contributed by atoms with Gasteiger partial charge in [0.25, 0.3) is 0 Å². The van der Waals surface area contributed by atoms with Crippen molar-refractivity contribution in [2.75, 3.05) is 13.2 Å². The van der Waals surface area contributed by atoms with Gasteiger partial charge in [0.2, 0.25) is 0 Å². The molecule has 0 spiro atoms. The Morgan fingerprint density at radius 2 is 0.786 bits per heavy atom. The van der Waals surface area contributed by atoms with E-state index in [0.717, 1.165) is 96.3 Å². The molecule has 0 aromatic heterocycles. The van der Waals surface area contributed by atoms with E-state index in [1.807, 2.05) is 24.3 Å². The first-order valence-corrected chi connectivity index (χ1v) is 22.6. The molecule has 6 nitrogen and oxygen atoms in total. The minimum Gasteiger partial charge on any atom is -0.462 e. The lowest BCUT2D eigenvalue weighted by Gasteiger charge is -2.18. The molecule has 0 saturated heterocycles. The fourth-order valence-corrected chi connectivity index (χ4v) is 5.88. The average molecular weight is 779 g/mol. The van der Waals surface area contributed by atoms with Gasteiger partial charge in [0.05, 0.1) is 0 Å². The summed E-state index contributed by atoms with van der Waals surface area (Å²) >= 11 is 0. The van der Waals surface area contributed by atoms with Crippen LogP contribution in [0.3, 0.4) is 0 Å². The fraction of sp³-hybridized carbons (Fsp3) is 0.660. The molecule has 1 unspecified atom stereocenters. The van der Waals surface area contributed by atoms with Crippen molar-refractivity contribution in [1.82, 2.24) is 0 Å². The number of allylic oxidation sites excluding steroid dienone is 14. The van der Waals surface area contributed by atoms with Crippen molar-refractivity contribution >= 4 is 17.9 Å². The summed E-state index contributed by atoms with van der Waals surface area (Å²) in [6.45, 7) is 6.30. The van der Waals surface area contributed by atoms with Crippen LogP contribution in [0.2, 0.25) is 0 Å². The Kier molecular flexibility index (Phi) is 41.6. The Morgan fingerprint density at radius 1 is 0.393 bits per heavy atom. The van der Waals surface area contributed by atoms with Gasteiger partial charge in [0.1, 0.15) is 13.2 Å². The summed E-state index contributed by atoms with van der Waals surface area (Å²) in [5.41, 5.74) is 0. The second kappa shape index (κ2) is 44.3. The summed E-state index contributed by atoms with van der Waals surface area (Å²) in [4.78, 5) is 37.7. The van der Waals surface area contributed by atoms with Gasteiger partial charge in [-0.25, -0.2) is 0 Å². The minimum atomic E-state index is -0.802. The first-order chi connectivity index (χ1) is 27.5. The Morgan fingerprint density at radius 3 is 1.34 bits per heavy atom. The van der Waals surface area contributed by atoms with E-state index in [1.54, 1.807) is 0 Å². The number of rotatable bonds is 39. The van der Waals surface area contributed by atoms with E-state index in [1.165, 1.54) is 51.4 Å². The maximum atomic E-state index is 12.7. The highest BCUT2D eigenvalue weighted by molar-refractivity contribution is 5.71. The smallest absolute Gasteiger partial charge is 0.306 e. The van der Waals surface area contributed by atoms with E-state index >= 15 is 0 Å². The molecular formula is C50H82O6. The van der Waals surface area contributed by atoms with Crippen LogP contribution < -0.4 is 0 Å². The van der Waals surface area contributed by atoms with E-state index in [0.29, 0.717) is 19.3 Å². The van der Waals surface area contributed by atoms with Crippen molar-refractivity contribution in [1.29, 1.82) is 0 Å². The topological polar surface area (TPSA) is 78.9 Å². The summed E-state index contributed by atoms with van der Waals surface area (Å²) in [5.74, 6) is -0.972. The van der Waals surface area contributed by atoms with Gasteiger partial charge in [-0.05, 0) is 70.6 Å². The molecule has 0 fully saturated rings. The Hall–Kier alpha value is -3.41. The SMILES string of the molecule is CC\C=C/C=C\C=C/C=C\CCCCCCCC(=O)OCC(COC(=O)CCCCCCCCCCCCC)OC(=O)CCCC/C=C\C/C=C\C/C=C\CC. The minimum absolute atomic E-state index is 0.0996. The number of hydrogen-bond acceptors (Lipinski definition) is 6. The van der Waals surface area contributed by atoms with Gasteiger partial charge in [-0.3, -0.25) is 14.4 Å². The van der Waals surface area contributed by atoms with Crippen molar-refractivity contribution in [3.63, 3.8) is 0 Å². The second-order valence-corrected chi connectivity index (χ2v) is 14.6. The molecule has 0 N–H and O–H groups in total. The van der Waals surface area contributed by atoms with Crippen LogP contribution in [0.4, 0.5) is 0 Å². The molecule has 0 aliphatic carbocycles. The van der Waals surface area contributed by atoms with Gasteiger partial charge in [-0.1, -0.05) is 189 Å². The summed E-state index contributed by atoms with van der Waals surface area (Å²) in [7, 11) is 0. The van der Waals surface area contributed by atoms with Gasteiger partial charge in [-0.2, -0.15) is 0 Å². The van der Waals surface area contributed by atoms with Crippen LogP contribution in [0.25, 0.3) is 0 Å². The third-order valence-corrected chi connectivity index (χ3v) is 9.24. The molecule has 0 rings (SSSR count). The number of esters is 3. The summed E-state index contributed by atoms with van der Waals surface area (Å²) in [6, 6.07) is 0. The molecule has 0 bridgehead atoms. The third-order valence-electron chi connectivity index (χ3n) is 9.24. The first-order valence-electron chi connectivity index (χ1n) is 22.6. The molecule has 0 aliphatic heterocycles. The molecule has 0 amide bonds. The predicted octanol–water partition coefficient (Wildman–Crippen LogP) is 14.5. The summed E-state index contributed by atoms with van der Waals surface area (Å²) in [5, 5.41) is 0. The van der Waals surface area contributed by atoms with Crippen molar-refractivity contribution in [3.05, 3.63) is 85.1 Å². The Labute approximate surface area is 344 Å². The number of unbranched alkanes of at least 4 members (excludes halogenated alkanes) is 17. The standard InChI is InChI=1S/C50H82O6/c1-4-7-10-13-16-19-22-24-25-26-29-31-34-37-40-43-49(52)55-46-47(45-54-48(51)42-39-36-33-30-27-21-18-15-12-9-6-3)56-50(53)44-41-38-35-32-28-23-20-17-14-11-8-5-2/h7-8,10-11,13,16-17,19-20,22,24-25,28,32,47H,4-6,9,12,14-15,18,21,23,26-27,29-31,33-46H2,1-3H3/b10-7-,11-8-,16-13-,20-17-,22-19-,25-24-,32-28-. The highest BCUT2D eigenvalue weighted by Gasteiger charge is 2.19. The van der Waals surface area contributed by atoms with E-state index < -0.39 is 6.10 Å². The number of ether oxygens (including phenoxy) is 3. The molecule has 0 aromatic rings. The van der Waals surface area contributed by atoms with Crippen LogP contribution in [0.5, 0.6) is 0 Å². The predicted molar refractivity (Wildman–Crippen MR) is 237 cm³/mol. The van der Waals surface area contributed by atoms with E-state index in [4.69, 9.17) is 14.2 Å². The lowest BCUT2D eigenvalue weighted by Crippen LogP contribution is -2.30. The fourth-order valence-electron chi connectivity index (χ4n) is 5.88. The van der Waals surface area contributed by atoms with Gasteiger partial charge in [-0.15, -0.1) is 0 Å². The van der Waals surface area contributed by atoms with Crippen molar-refractivity contribution in [3.8, 4) is 0 Å². The zero-order chi connectivity index (χ0) is 40.8. The molecular weight excluding hydrogens is 697 g/mol. The maximum Gasteiger partial charge on any atom is 0.306 e. The molecule has 0 aromatic carbocycles. The van der Waals surface area contributed by atoms with Gasteiger partial charge >= 0.3 is 17.9 Å². The van der Waals surface area contributed by atoms with Crippen molar-refractivity contribution in [2.45, 2.75) is 200 Å². The highest BCUT2D eigenvalue weighted by atomic mass is 16.6. The zero-order valence-electron chi connectivity index (χ0n) is 36.1. The van der Waals surface area contributed by atoms with Crippen LogP contribution in [-0.4, -0.2) is 37.2 Å². The van der Waals surface area contributed by atoms with E-state index in [9.17, 15) is 14.4 Å². The summed E-state index contributed by atoms with van der Waals surface area (Å²) < 4.78 is 16.6.